The summed E-state index contributed by atoms with van der Waals surface area (Å²) in [4.78, 5) is 31.0. The van der Waals surface area contributed by atoms with Crippen LogP contribution in [0.4, 0.5) is 14.5 Å². The van der Waals surface area contributed by atoms with Crippen LogP contribution in [0.2, 0.25) is 0 Å². The summed E-state index contributed by atoms with van der Waals surface area (Å²) in [6.07, 6.45) is 2.59. The second kappa shape index (κ2) is 10.3. The predicted molar refractivity (Wildman–Crippen MR) is 135 cm³/mol. The molecule has 1 amide bonds. The minimum atomic E-state index is -2.62. The fourth-order valence-corrected chi connectivity index (χ4v) is 5.27. The molecule has 1 aliphatic carbocycles. The van der Waals surface area contributed by atoms with E-state index in [1.54, 1.807) is 19.1 Å². The maximum Gasteiger partial charge on any atom is 0.256 e. The quantitative estimate of drug-likeness (QED) is 0.435. The van der Waals surface area contributed by atoms with Crippen LogP contribution in [0.15, 0.2) is 33.7 Å². The molecule has 2 heterocycles. The van der Waals surface area contributed by atoms with Crippen LogP contribution in [0.1, 0.15) is 66.7 Å². The van der Waals surface area contributed by atoms with Gasteiger partial charge in [-0.3, -0.25) is 9.59 Å². The second-order valence-corrected chi connectivity index (χ2v) is 9.32. The summed E-state index contributed by atoms with van der Waals surface area (Å²) in [5.41, 5.74) is 3.34. The molecule has 0 bridgehead atoms. The number of benzene rings is 1. The Morgan fingerprint density at radius 1 is 1.25 bits per heavy atom. The van der Waals surface area contributed by atoms with Gasteiger partial charge in [0.1, 0.15) is 11.3 Å². The predicted octanol–water partition coefficient (Wildman–Crippen LogP) is 5.33. The number of aromatic amines is 1. The number of pyridine rings is 1. The molecule has 0 saturated heterocycles. The number of nitrogens with one attached hydrogen (secondary N) is 2. The van der Waals surface area contributed by atoms with E-state index in [1.807, 2.05) is 19.9 Å². The first-order valence-electron chi connectivity index (χ1n) is 12.4. The summed E-state index contributed by atoms with van der Waals surface area (Å²) >= 11 is 0. The number of fused-ring (bicyclic) bond motifs is 1. The lowest BCUT2D eigenvalue weighted by atomic mass is 9.89. The Kier molecular flexibility index (Phi) is 7.38. The maximum absolute atomic E-state index is 13.8. The molecule has 1 aromatic carbocycles. The molecule has 4 rings (SSSR count). The number of amides is 1. The minimum absolute atomic E-state index is 0.0143. The number of carbonyl (C=O) groups is 1. The fourth-order valence-electron chi connectivity index (χ4n) is 5.27. The molecule has 194 valence electrons. The highest BCUT2D eigenvalue weighted by atomic mass is 19.3. The molecule has 3 aromatic rings. The topological polar surface area (TPSA) is 87.6 Å². The summed E-state index contributed by atoms with van der Waals surface area (Å²) in [6.45, 7) is 6.33. The van der Waals surface area contributed by atoms with Gasteiger partial charge in [-0.15, -0.1) is 0 Å². The first-order valence-corrected chi connectivity index (χ1v) is 12.4. The summed E-state index contributed by atoms with van der Waals surface area (Å²) in [7, 11) is 1.48. The molecule has 1 fully saturated rings. The number of H-pyrrole nitrogens is 1. The molecular weight excluding hydrogens is 468 g/mol. The second-order valence-electron chi connectivity index (χ2n) is 9.32. The number of rotatable bonds is 8. The van der Waals surface area contributed by atoms with Gasteiger partial charge < -0.3 is 24.4 Å². The smallest absolute Gasteiger partial charge is 0.256 e. The zero-order chi connectivity index (χ0) is 26.0. The summed E-state index contributed by atoms with van der Waals surface area (Å²) in [5.74, 6) is -2.55. The van der Waals surface area contributed by atoms with Gasteiger partial charge in [-0.2, -0.15) is 0 Å². The van der Waals surface area contributed by atoms with E-state index in [0.29, 0.717) is 59.3 Å². The van der Waals surface area contributed by atoms with Crippen LogP contribution in [-0.4, -0.2) is 36.5 Å². The highest BCUT2D eigenvalue weighted by Gasteiger charge is 2.37. The number of hydrogen-bond donors (Lipinski definition) is 2. The van der Waals surface area contributed by atoms with E-state index in [9.17, 15) is 18.4 Å². The van der Waals surface area contributed by atoms with Gasteiger partial charge in [-0.05, 0) is 50.8 Å². The average Bonchev–Trinajstić information content (AvgIpc) is 3.31. The zero-order valence-corrected chi connectivity index (χ0v) is 21.2. The van der Waals surface area contributed by atoms with E-state index in [4.69, 9.17) is 9.15 Å². The standard InChI is InChI=1S/C27H33F2N3O4/c1-5-18-21(32(6-2)17-7-10-27(28,29)11-8-17)14-23-19(9-12-36-23)24(18)26(34)30-15-20-22(35-4)13-16(3)31-25(20)33/h9,12-14,17H,5-8,10-11,15H2,1-4H3,(H,30,34)(H,31,33). The number of nitrogens with zero attached hydrogens (tertiary/aromatic N) is 1. The van der Waals surface area contributed by atoms with Crippen molar-refractivity contribution in [2.75, 3.05) is 18.6 Å². The molecule has 0 atom stereocenters. The third kappa shape index (κ3) is 4.96. The number of anilines is 1. The first kappa shape index (κ1) is 25.7. The van der Waals surface area contributed by atoms with Gasteiger partial charge in [0.25, 0.3) is 11.5 Å². The number of furan rings is 1. The molecule has 1 saturated carbocycles. The number of methoxy groups -OCH3 is 1. The average molecular weight is 502 g/mol. The Balaban J connectivity index is 1.71. The number of ether oxygens (including phenoxy) is 1. The van der Waals surface area contributed by atoms with E-state index in [2.05, 4.69) is 15.2 Å². The van der Waals surface area contributed by atoms with E-state index < -0.39 is 5.92 Å². The largest absolute Gasteiger partial charge is 0.496 e. The molecular formula is C27H33F2N3O4. The normalized spacial score (nSPS) is 15.7. The van der Waals surface area contributed by atoms with Crippen molar-refractivity contribution in [3.8, 4) is 5.75 Å². The molecule has 7 nitrogen and oxygen atoms in total. The molecule has 1 aliphatic rings. The Morgan fingerprint density at radius 2 is 1.97 bits per heavy atom. The first-order chi connectivity index (χ1) is 17.2. The van der Waals surface area contributed by atoms with Crippen molar-refractivity contribution in [3.05, 3.63) is 57.2 Å². The lowest BCUT2D eigenvalue weighted by Crippen LogP contribution is -2.41. The van der Waals surface area contributed by atoms with Crippen LogP contribution in [-0.2, 0) is 13.0 Å². The van der Waals surface area contributed by atoms with Gasteiger partial charge in [0.2, 0.25) is 5.92 Å². The molecule has 0 spiro atoms. The Labute approximate surface area is 208 Å². The Morgan fingerprint density at radius 3 is 2.61 bits per heavy atom. The third-order valence-electron chi connectivity index (χ3n) is 7.08. The monoisotopic (exact) mass is 501 g/mol. The number of carbonyl (C=O) groups excluding carboxylic acids is 1. The molecule has 0 aliphatic heterocycles. The fraction of sp³-hybridized carbons (Fsp3) is 0.481. The van der Waals surface area contributed by atoms with Crippen LogP contribution in [0.5, 0.6) is 5.75 Å². The summed E-state index contributed by atoms with van der Waals surface area (Å²) in [5, 5.41) is 3.55. The van der Waals surface area contributed by atoms with Gasteiger partial charge in [0, 0.05) is 48.3 Å². The van der Waals surface area contributed by atoms with Crippen LogP contribution in [0.25, 0.3) is 11.0 Å². The molecule has 9 heteroatoms. The van der Waals surface area contributed by atoms with E-state index in [0.717, 1.165) is 11.3 Å². The minimum Gasteiger partial charge on any atom is -0.496 e. The van der Waals surface area contributed by atoms with E-state index >= 15 is 0 Å². The van der Waals surface area contributed by atoms with E-state index in [1.165, 1.54) is 13.4 Å². The number of hydrogen-bond acceptors (Lipinski definition) is 5. The Bertz CT molecular complexity index is 1300. The van der Waals surface area contributed by atoms with Crippen molar-refractivity contribution in [2.45, 2.75) is 71.4 Å². The van der Waals surface area contributed by atoms with Gasteiger partial charge in [-0.1, -0.05) is 6.92 Å². The summed E-state index contributed by atoms with van der Waals surface area (Å²) < 4.78 is 38.7. The number of aromatic nitrogens is 1. The van der Waals surface area contributed by atoms with Crippen molar-refractivity contribution >= 4 is 22.6 Å². The van der Waals surface area contributed by atoms with Crippen molar-refractivity contribution in [3.63, 3.8) is 0 Å². The molecule has 2 N–H and O–H groups in total. The lowest BCUT2D eigenvalue weighted by molar-refractivity contribution is -0.0380. The van der Waals surface area contributed by atoms with Gasteiger partial charge in [0.05, 0.1) is 31.0 Å². The van der Waals surface area contributed by atoms with Gasteiger partial charge >= 0.3 is 0 Å². The highest BCUT2D eigenvalue weighted by Crippen LogP contribution is 2.39. The number of aryl methyl sites for hydroxylation is 1. The van der Waals surface area contributed by atoms with Crippen molar-refractivity contribution in [1.29, 1.82) is 0 Å². The lowest BCUT2D eigenvalue weighted by Gasteiger charge is -2.39. The van der Waals surface area contributed by atoms with Crippen LogP contribution >= 0.6 is 0 Å². The number of halogens is 2. The van der Waals surface area contributed by atoms with Crippen LogP contribution in [0, 0.1) is 6.92 Å². The van der Waals surface area contributed by atoms with Crippen LogP contribution in [0.3, 0.4) is 0 Å². The van der Waals surface area contributed by atoms with Crippen LogP contribution < -0.4 is 20.5 Å². The molecule has 36 heavy (non-hydrogen) atoms. The SMILES string of the molecule is CCc1c(N(CC)C2CCC(F)(F)CC2)cc2occc2c1C(=O)NCc1c(OC)cc(C)[nH]c1=O. The van der Waals surface area contributed by atoms with Gasteiger partial charge in [-0.25, -0.2) is 8.78 Å². The highest BCUT2D eigenvalue weighted by molar-refractivity contribution is 6.09. The van der Waals surface area contributed by atoms with Gasteiger partial charge in [0.15, 0.2) is 0 Å². The molecule has 2 aromatic heterocycles. The maximum atomic E-state index is 13.8. The number of alkyl halides is 2. The van der Waals surface area contributed by atoms with Crippen molar-refractivity contribution in [1.82, 2.24) is 10.3 Å². The zero-order valence-electron chi connectivity index (χ0n) is 21.2. The Hall–Kier alpha value is -3.36. The molecule has 0 unspecified atom stereocenters. The van der Waals surface area contributed by atoms with Crippen molar-refractivity contribution < 1.29 is 22.7 Å². The summed E-state index contributed by atoms with van der Waals surface area (Å²) in [6, 6.07) is 5.33. The van der Waals surface area contributed by atoms with E-state index in [-0.39, 0.29) is 36.9 Å². The van der Waals surface area contributed by atoms with Crippen molar-refractivity contribution in [2.24, 2.45) is 0 Å². The molecule has 0 radical (unpaired) electrons. The third-order valence-corrected chi connectivity index (χ3v) is 7.08.